The van der Waals surface area contributed by atoms with Crippen LogP contribution in [0.5, 0.6) is 0 Å². The van der Waals surface area contributed by atoms with Gasteiger partial charge in [-0.15, -0.1) is 0 Å². The number of hydrogen-bond donors (Lipinski definition) is 0. The van der Waals surface area contributed by atoms with Crippen LogP contribution >= 0.6 is 24.0 Å². The Kier molecular flexibility index (Phi) is 6.01. The molecule has 0 bridgehead atoms. The van der Waals surface area contributed by atoms with Gasteiger partial charge in [0.1, 0.15) is 4.32 Å². The van der Waals surface area contributed by atoms with E-state index in [0.717, 1.165) is 35.9 Å². The van der Waals surface area contributed by atoms with Gasteiger partial charge in [-0.1, -0.05) is 42.2 Å². The highest BCUT2D eigenvalue weighted by Crippen LogP contribution is 2.26. The lowest BCUT2D eigenvalue weighted by Gasteiger charge is -2.28. The molecule has 2 heterocycles. The normalized spacial score (nSPS) is 22.1. The van der Waals surface area contributed by atoms with Gasteiger partial charge in [0.25, 0.3) is 0 Å². The van der Waals surface area contributed by atoms with Gasteiger partial charge < -0.3 is 9.80 Å². The molecule has 0 aliphatic carbocycles. The summed E-state index contributed by atoms with van der Waals surface area (Å²) >= 11 is 6.81. The zero-order valence-electron chi connectivity index (χ0n) is 14.0. The van der Waals surface area contributed by atoms with Crippen LogP contribution in [0.15, 0.2) is 30.3 Å². The molecule has 3 rings (SSSR count). The summed E-state index contributed by atoms with van der Waals surface area (Å²) in [5.41, 5.74) is 0.752. The van der Waals surface area contributed by atoms with Gasteiger partial charge in [0.05, 0.1) is 23.3 Å². The van der Waals surface area contributed by atoms with Gasteiger partial charge in [-0.3, -0.25) is 4.79 Å². The van der Waals surface area contributed by atoms with Gasteiger partial charge in [-0.2, -0.15) is 0 Å². The van der Waals surface area contributed by atoms with E-state index in [1.54, 1.807) is 4.90 Å². The van der Waals surface area contributed by atoms with Crippen LogP contribution in [0.2, 0.25) is 0 Å². The molecular formula is C17H22N2O3S3. The maximum absolute atomic E-state index is 12.9. The van der Waals surface area contributed by atoms with Crippen LogP contribution in [0.4, 0.5) is 5.69 Å². The predicted molar refractivity (Wildman–Crippen MR) is 107 cm³/mol. The number of thioether (sulfide) groups is 1. The third-order valence-corrected chi connectivity index (χ3v) is 7.82. The molecular weight excluding hydrogens is 376 g/mol. The smallest absolute Gasteiger partial charge is 0.237 e. The molecule has 136 valence electrons. The van der Waals surface area contributed by atoms with Crippen molar-refractivity contribution < 1.29 is 13.2 Å². The van der Waals surface area contributed by atoms with Gasteiger partial charge in [-0.05, 0) is 31.4 Å². The fraction of sp³-hybridized carbons (Fsp3) is 0.529. The average Bonchev–Trinajstić information content (AvgIpc) is 3.24. The van der Waals surface area contributed by atoms with E-state index >= 15 is 0 Å². The summed E-state index contributed by atoms with van der Waals surface area (Å²) in [7, 11) is -3.06. The number of carbonyl (C=O) groups excluding carboxylic acids is 1. The standard InChI is InChI=1S/C17H22N2O3S3/c20-16(12-24-17(23)18-9-4-5-10-18)19(14-6-2-1-3-7-14)15-8-11-25(21,22)13-15/h1-3,6-7,15H,4-5,8-13H2/t15-/m0/s1. The molecule has 1 aromatic rings. The highest BCUT2D eigenvalue weighted by molar-refractivity contribution is 8.23. The summed E-state index contributed by atoms with van der Waals surface area (Å²) in [6, 6.07) is 9.02. The molecule has 0 radical (unpaired) electrons. The van der Waals surface area contributed by atoms with E-state index < -0.39 is 9.84 Å². The van der Waals surface area contributed by atoms with E-state index in [1.807, 2.05) is 30.3 Å². The van der Waals surface area contributed by atoms with Gasteiger partial charge in [0.2, 0.25) is 5.91 Å². The first kappa shape index (κ1) is 18.7. The van der Waals surface area contributed by atoms with Crippen molar-refractivity contribution in [3.8, 4) is 0 Å². The van der Waals surface area contributed by atoms with Crippen LogP contribution in [0.25, 0.3) is 0 Å². The quantitative estimate of drug-likeness (QED) is 0.726. The first-order valence-corrected chi connectivity index (χ1v) is 11.7. The monoisotopic (exact) mass is 398 g/mol. The molecule has 2 aliphatic rings. The Labute approximate surface area is 158 Å². The van der Waals surface area contributed by atoms with Gasteiger partial charge in [0.15, 0.2) is 9.84 Å². The Hall–Kier alpha value is -1.12. The maximum Gasteiger partial charge on any atom is 0.237 e. The zero-order chi connectivity index (χ0) is 17.9. The van der Waals surface area contributed by atoms with Gasteiger partial charge in [0, 0.05) is 18.8 Å². The van der Waals surface area contributed by atoms with Crippen molar-refractivity contribution in [1.82, 2.24) is 4.90 Å². The van der Waals surface area contributed by atoms with Crippen LogP contribution in [0.3, 0.4) is 0 Å². The Bertz CT molecular complexity index is 731. The topological polar surface area (TPSA) is 57.7 Å². The van der Waals surface area contributed by atoms with Crippen LogP contribution in [0, 0.1) is 0 Å². The molecule has 0 saturated carbocycles. The number of benzene rings is 1. The van der Waals surface area contributed by atoms with Crippen LogP contribution in [-0.4, -0.2) is 59.9 Å². The Morgan fingerprint density at radius 2 is 1.92 bits per heavy atom. The number of sulfone groups is 1. The molecule has 2 aliphatic heterocycles. The zero-order valence-corrected chi connectivity index (χ0v) is 16.4. The maximum atomic E-state index is 12.9. The lowest BCUT2D eigenvalue weighted by molar-refractivity contribution is -0.116. The highest BCUT2D eigenvalue weighted by atomic mass is 32.2. The minimum Gasteiger partial charge on any atom is -0.358 e. The van der Waals surface area contributed by atoms with E-state index in [1.165, 1.54) is 11.8 Å². The molecule has 1 aromatic carbocycles. The molecule has 8 heteroatoms. The number of likely N-dealkylation sites (tertiary alicyclic amines) is 1. The summed E-state index contributed by atoms with van der Waals surface area (Å²) in [6.45, 7) is 1.92. The number of carbonyl (C=O) groups is 1. The molecule has 0 spiro atoms. The highest BCUT2D eigenvalue weighted by Gasteiger charge is 2.35. The summed E-state index contributed by atoms with van der Waals surface area (Å²) in [6.07, 6.45) is 2.78. The minimum atomic E-state index is -3.06. The van der Waals surface area contributed by atoms with Crippen molar-refractivity contribution in [3.63, 3.8) is 0 Å². The summed E-state index contributed by atoms with van der Waals surface area (Å²) in [5, 5.41) is 0. The van der Waals surface area contributed by atoms with Crippen molar-refractivity contribution in [2.75, 3.05) is 35.2 Å². The second kappa shape index (κ2) is 8.05. The molecule has 1 amide bonds. The number of para-hydroxylation sites is 1. The van der Waals surface area contributed by atoms with Gasteiger partial charge >= 0.3 is 0 Å². The fourth-order valence-electron chi connectivity index (χ4n) is 3.31. The molecule has 2 saturated heterocycles. The van der Waals surface area contributed by atoms with Crippen molar-refractivity contribution >= 4 is 49.7 Å². The first-order chi connectivity index (χ1) is 12.0. The SMILES string of the molecule is O=C(CSC(=S)N1CCCC1)N(c1ccccc1)[C@H]1CCS(=O)(=O)C1. The molecule has 0 aromatic heterocycles. The molecule has 5 nitrogen and oxygen atoms in total. The summed E-state index contributed by atoms with van der Waals surface area (Å²) in [5.74, 6) is 0.336. The summed E-state index contributed by atoms with van der Waals surface area (Å²) < 4.78 is 24.5. The van der Waals surface area contributed by atoms with E-state index in [0.29, 0.717) is 6.42 Å². The van der Waals surface area contributed by atoms with Crippen molar-refractivity contribution in [3.05, 3.63) is 30.3 Å². The number of rotatable bonds is 4. The van der Waals surface area contributed by atoms with E-state index in [9.17, 15) is 13.2 Å². The number of thiocarbonyl (C=S) groups is 1. The minimum absolute atomic E-state index is 0.0366. The van der Waals surface area contributed by atoms with Crippen molar-refractivity contribution in [2.45, 2.75) is 25.3 Å². The van der Waals surface area contributed by atoms with Crippen LogP contribution < -0.4 is 4.90 Å². The summed E-state index contributed by atoms with van der Waals surface area (Å²) in [4.78, 5) is 16.7. The van der Waals surface area contributed by atoms with E-state index in [4.69, 9.17) is 12.2 Å². The van der Waals surface area contributed by atoms with Crippen molar-refractivity contribution in [2.24, 2.45) is 0 Å². The molecule has 0 N–H and O–H groups in total. The first-order valence-electron chi connectivity index (χ1n) is 8.45. The van der Waals surface area contributed by atoms with Crippen LogP contribution in [-0.2, 0) is 14.6 Å². The van der Waals surface area contributed by atoms with Crippen LogP contribution in [0.1, 0.15) is 19.3 Å². The predicted octanol–water partition coefficient (Wildman–Crippen LogP) is 2.32. The molecule has 1 atom stereocenters. The molecule has 0 unspecified atom stereocenters. The number of hydrogen-bond acceptors (Lipinski definition) is 5. The third-order valence-electron chi connectivity index (χ3n) is 4.56. The fourth-order valence-corrected chi connectivity index (χ4v) is 6.12. The lowest BCUT2D eigenvalue weighted by Crippen LogP contribution is -2.42. The number of amides is 1. The van der Waals surface area contributed by atoms with Gasteiger partial charge in [-0.25, -0.2) is 8.42 Å². The number of anilines is 1. The molecule has 2 fully saturated rings. The van der Waals surface area contributed by atoms with E-state index in [-0.39, 0.29) is 29.2 Å². The Balaban J connectivity index is 1.70. The lowest BCUT2D eigenvalue weighted by atomic mass is 10.2. The Morgan fingerprint density at radius 1 is 1.24 bits per heavy atom. The third kappa shape index (κ3) is 4.74. The largest absolute Gasteiger partial charge is 0.358 e. The average molecular weight is 399 g/mol. The Morgan fingerprint density at radius 3 is 2.52 bits per heavy atom. The molecule has 25 heavy (non-hydrogen) atoms. The second-order valence-electron chi connectivity index (χ2n) is 6.40. The van der Waals surface area contributed by atoms with E-state index in [2.05, 4.69) is 4.90 Å². The van der Waals surface area contributed by atoms with Crippen molar-refractivity contribution in [1.29, 1.82) is 0 Å². The number of nitrogens with zero attached hydrogens (tertiary/aromatic N) is 2. The second-order valence-corrected chi connectivity index (χ2v) is 10.2.